The molecule has 5 aromatic rings. The van der Waals surface area contributed by atoms with Crippen LogP contribution in [0, 0.1) is 6.92 Å². The van der Waals surface area contributed by atoms with E-state index in [1.807, 2.05) is 24.3 Å². The van der Waals surface area contributed by atoms with Crippen LogP contribution in [-0.2, 0) is 27.2 Å². The molecule has 0 saturated carbocycles. The van der Waals surface area contributed by atoms with Gasteiger partial charge in [-0.2, -0.15) is 4.98 Å². The van der Waals surface area contributed by atoms with Gasteiger partial charge in [-0.3, -0.25) is 23.9 Å². The van der Waals surface area contributed by atoms with E-state index in [1.54, 1.807) is 19.2 Å². The molecule has 1 unspecified atom stereocenters. The van der Waals surface area contributed by atoms with Gasteiger partial charge in [-0.25, -0.2) is 19.7 Å². The number of anilines is 2. The van der Waals surface area contributed by atoms with E-state index in [9.17, 15) is 19.2 Å². The molecule has 1 amide bonds. The molecule has 240 valence electrons. The summed E-state index contributed by atoms with van der Waals surface area (Å²) in [5.41, 5.74) is 2.94. The summed E-state index contributed by atoms with van der Waals surface area (Å²) in [6.45, 7) is 5.59. The third-order valence-corrected chi connectivity index (χ3v) is 8.16. The Kier molecular flexibility index (Phi) is 8.88. The van der Waals surface area contributed by atoms with Crippen LogP contribution in [-0.4, -0.2) is 54.5 Å². The SMILES string of the molecule is CCOC(=O)Cc1csc(NC(=O)CNc2nccc(-n3cc(C4c5ccc(CC)cc5C=Cc5oc(C)nc54)c(=O)[nH]c3=O)n2)n1. The lowest BCUT2D eigenvalue weighted by atomic mass is 9.86. The largest absolute Gasteiger partial charge is 0.466 e. The first-order chi connectivity index (χ1) is 22.7. The van der Waals surface area contributed by atoms with Gasteiger partial charge in [0.1, 0.15) is 5.82 Å². The van der Waals surface area contributed by atoms with Crippen molar-refractivity contribution in [2.45, 2.75) is 39.5 Å². The van der Waals surface area contributed by atoms with E-state index in [-0.39, 0.29) is 36.9 Å². The third kappa shape index (κ3) is 6.79. The molecule has 47 heavy (non-hydrogen) atoms. The lowest BCUT2D eigenvalue weighted by Gasteiger charge is -2.18. The highest BCUT2D eigenvalue weighted by Gasteiger charge is 2.30. The number of hydrogen-bond acceptors (Lipinski definition) is 12. The number of aryl methyl sites for hydroxylation is 2. The Bertz CT molecular complexity index is 2130. The van der Waals surface area contributed by atoms with Gasteiger partial charge in [0.15, 0.2) is 16.8 Å². The molecule has 0 fully saturated rings. The number of amides is 1. The summed E-state index contributed by atoms with van der Waals surface area (Å²) in [6, 6.07) is 7.56. The maximum atomic E-state index is 13.4. The van der Waals surface area contributed by atoms with E-state index in [0.717, 1.165) is 23.1 Å². The van der Waals surface area contributed by atoms with Crippen molar-refractivity contribution in [1.82, 2.24) is 29.5 Å². The number of nitrogens with one attached hydrogen (secondary N) is 3. The summed E-state index contributed by atoms with van der Waals surface area (Å²) in [5, 5.41) is 7.49. The molecule has 1 aliphatic rings. The van der Waals surface area contributed by atoms with Crippen molar-refractivity contribution in [3.8, 4) is 5.82 Å². The number of benzene rings is 1. The van der Waals surface area contributed by atoms with Crippen LogP contribution in [0.25, 0.3) is 18.0 Å². The quantitative estimate of drug-likeness (QED) is 0.184. The van der Waals surface area contributed by atoms with E-state index in [2.05, 4.69) is 48.5 Å². The Hall–Kier alpha value is -5.70. The topological polar surface area (TPSA) is 187 Å². The van der Waals surface area contributed by atoms with Gasteiger partial charge in [0.05, 0.1) is 36.9 Å². The molecule has 1 atom stereocenters. The Balaban J connectivity index is 1.25. The van der Waals surface area contributed by atoms with Crippen molar-refractivity contribution in [3.05, 3.63) is 108 Å². The first kappa shape index (κ1) is 31.3. The number of aromatic nitrogens is 6. The minimum atomic E-state index is -0.701. The van der Waals surface area contributed by atoms with Crippen LogP contribution in [0.3, 0.4) is 0 Å². The van der Waals surface area contributed by atoms with E-state index >= 15 is 0 Å². The number of oxazole rings is 1. The van der Waals surface area contributed by atoms with Crippen LogP contribution >= 0.6 is 11.3 Å². The minimum absolute atomic E-state index is 0.00819. The fourth-order valence-corrected chi connectivity index (χ4v) is 5.95. The molecule has 14 nitrogen and oxygen atoms in total. The lowest BCUT2D eigenvalue weighted by molar-refractivity contribution is -0.142. The predicted molar refractivity (Wildman–Crippen MR) is 175 cm³/mol. The molecule has 15 heteroatoms. The predicted octanol–water partition coefficient (Wildman–Crippen LogP) is 3.45. The van der Waals surface area contributed by atoms with Crippen LogP contribution in [0.2, 0.25) is 0 Å². The van der Waals surface area contributed by atoms with Crippen molar-refractivity contribution in [3.63, 3.8) is 0 Å². The molecule has 4 aromatic heterocycles. The average Bonchev–Trinajstić information content (AvgIpc) is 3.61. The molecule has 0 radical (unpaired) electrons. The van der Waals surface area contributed by atoms with Gasteiger partial charge < -0.3 is 19.8 Å². The first-order valence-electron chi connectivity index (χ1n) is 14.8. The zero-order valence-corrected chi connectivity index (χ0v) is 26.5. The molecule has 0 saturated heterocycles. The van der Waals surface area contributed by atoms with Crippen molar-refractivity contribution in [2.75, 3.05) is 23.8 Å². The number of esters is 1. The molecular formula is C32H30N8O6S. The van der Waals surface area contributed by atoms with E-state index in [1.165, 1.54) is 34.4 Å². The smallest absolute Gasteiger partial charge is 0.334 e. The number of rotatable bonds is 10. The minimum Gasteiger partial charge on any atom is -0.466 e. The van der Waals surface area contributed by atoms with Crippen LogP contribution in [0.1, 0.15) is 65.1 Å². The molecule has 4 heterocycles. The monoisotopic (exact) mass is 654 g/mol. The Morgan fingerprint density at radius 2 is 1.96 bits per heavy atom. The number of hydrogen-bond donors (Lipinski definition) is 3. The summed E-state index contributed by atoms with van der Waals surface area (Å²) >= 11 is 1.18. The normalized spacial score (nSPS) is 13.4. The number of carbonyl (C=O) groups excluding carboxylic acids is 2. The second-order valence-electron chi connectivity index (χ2n) is 10.5. The second-order valence-corrected chi connectivity index (χ2v) is 11.4. The molecular weight excluding hydrogens is 624 g/mol. The van der Waals surface area contributed by atoms with E-state index in [4.69, 9.17) is 9.15 Å². The van der Waals surface area contributed by atoms with Crippen LogP contribution in [0.15, 0.2) is 56.0 Å². The molecule has 0 bridgehead atoms. The van der Waals surface area contributed by atoms with Crippen molar-refractivity contribution < 1.29 is 18.7 Å². The lowest BCUT2D eigenvalue weighted by Crippen LogP contribution is -2.33. The molecule has 0 spiro atoms. The third-order valence-electron chi connectivity index (χ3n) is 7.35. The van der Waals surface area contributed by atoms with Crippen LogP contribution < -0.4 is 21.9 Å². The van der Waals surface area contributed by atoms with Crippen LogP contribution in [0.5, 0.6) is 0 Å². The van der Waals surface area contributed by atoms with Gasteiger partial charge in [-0.15, -0.1) is 11.3 Å². The highest BCUT2D eigenvalue weighted by Crippen LogP contribution is 2.38. The van der Waals surface area contributed by atoms with Gasteiger partial charge in [0, 0.05) is 36.3 Å². The summed E-state index contributed by atoms with van der Waals surface area (Å²) in [6.07, 6.45) is 7.52. The van der Waals surface area contributed by atoms with Crippen molar-refractivity contribution in [1.29, 1.82) is 0 Å². The molecule has 1 aliphatic carbocycles. The van der Waals surface area contributed by atoms with Crippen molar-refractivity contribution >= 4 is 46.4 Å². The number of aromatic amines is 1. The fourth-order valence-electron chi connectivity index (χ4n) is 5.22. The number of H-pyrrole nitrogens is 1. The molecule has 0 aliphatic heterocycles. The maximum Gasteiger partial charge on any atom is 0.334 e. The Morgan fingerprint density at radius 3 is 2.77 bits per heavy atom. The average molecular weight is 655 g/mol. The van der Waals surface area contributed by atoms with Crippen molar-refractivity contribution in [2.24, 2.45) is 0 Å². The number of thiazole rings is 1. The second kappa shape index (κ2) is 13.3. The zero-order chi connectivity index (χ0) is 33.1. The summed E-state index contributed by atoms with van der Waals surface area (Å²) in [7, 11) is 0. The summed E-state index contributed by atoms with van der Waals surface area (Å²) in [4.78, 5) is 70.6. The first-order valence-corrected chi connectivity index (χ1v) is 15.7. The Morgan fingerprint density at radius 1 is 1.11 bits per heavy atom. The molecule has 3 N–H and O–H groups in total. The molecule has 1 aromatic carbocycles. The maximum absolute atomic E-state index is 13.4. The number of ether oxygens (including phenoxy) is 1. The number of carbonyl (C=O) groups is 2. The summed E-state index contributed by atoms with van der Waals surface area (Å²) < 4.78 is 12.0. The van der Waals surface area contributed by atoms with Gasteiger partial charge in [-0.1, -0.05) is 31.2 Å². The highest BCUT2D eigenvalue weighted by atomic mass is 32.1. The fraction of sp³-hybridized carbons (Fsp3) is 0.250. The number of fused-ring (bicyclic) bond motifs is 2. The highest BCUT2D eigenvalue weighted by molar-refractivity contribution is 7.13. The van der Waals surface area contributed by atoms with Gasteiger partial charge in [0.2, 0.25) is 11.9 Å². The number of nitrogens with zero attached hydrogens (tertiary/aromatic N) is 5. The van der Waals surface area contributed by atoms with Gasteiger partial charge in [-0.05, 0) is 36.1 Å². The summed E-state index contributed by atoms with van der Waals surface area (Å²) in [5.74, 6) is -0.249. The Labute approximate surface area is 271 Å². The standard InChI is InChI=1S/C32H30N8O6S/c1-4-18-6-8-21-19(12-18)7-9-23-28(35-17(3)46-23)27(21)22-15-40(32(44)39-29(22)43)24-10-11-33-30(37-24)34-14-25(41)38-31-36-20(16-47-31)13-26(42)45-5-2/h6-12,15-16,27H,4-5,13-14H2,1-3H3,(H,33,34,37)(H,36,38,41)(H,39,43,44). The van der Waals surface area contributed by atoms with Gasteiger partial charge >= 0.3 is 11.7 Å². The molecule has 6 rings (SSSR count). The zero-order valence-electron chi connectivity index (χ0n) is 25.7. The van der Waals surface area contributed by atoms with Crippen LogP contribution in [0.4, 0.5) is 11.1 Å². The van der Waals surface area contributed by atoms with E-state index in [0.29, 0.717) is 28.2 Å². The van der Waals surface area contributed by atoms with E-state index < -0.39 is 29.0 Å². The van der Waals surface area contributed by atoms with Gasteiger partial charge in [0.25, 0.3) is 5.56 Å².